The van der Waals surface area contributed by atoms with Gasteiger partial charge in [0, 0.05) is 18.5 Å². The lowest BCUT2D eigenvalue weighted by Crippen LogP contribution is -2.57. The van der Waals surface area contributed by atoms with Crippen molar-refractivity contribution in [1.82, 2.24) is 25.7 Å². The van der Waals surface area contributed by atoms with Crippen LogP contribution < -0.4 is 10.6 Å². The van der Waals surface area contributed by atoms with Gasteiger partial charge in [-0.3, -0.25) is 20.1 Å². The van der Waals surface area contributed by atoms with Crippen molar-refractivity contribution in [2.45, 2.75) is 38.3 Å². The Kier molecular flexibility index (Phi) is 5.29. The smallest absolute Gasteiger partial charge is 0.354 e. The molecule has 0 bridgehead atoms. The topological polar surface area (TPSA) is 127 Å². The van der Waals surface area contributed by atoms with Gasteiger partial charge in [-0.1, -0.05) is 24.3 Å². The molecule has 2 aromatic rings. The SMILES string of the molecule is Cc1ccccc1C[C@]1(C2CCN(Cc3cn[nH]c3C(=O)O)CC2)NC(=O)NC1=O. The minimum absolute atomic E-state index is 0.0110. The van der Waals surface area contributed by atoms with Gasteiger partial charge in [0.15, 0.2) is 0 Å². The number of benzene rings is 1. The highest BCUT2D eigenvalue weighted by Gasteiger charge is 2.52. The Balaban J connectivity index is 1.49. The van der Waals surface area contributed by atoms with E-state index in [2.05, 4.69) is 25.7 Å². The zero-order chi connectivity index (χ0) is 21.3. The number of likely N-dealkylation sites (tertiary alicyclic amines) is 1. The van der Waals surface area contributed by atoms with Gasteiger partial charge in [-0.2, -0.15) is 5.10 Å². The monoisotopic (exact) mass is 411 g/mol. The molecule has 1 aromatic heterocycles. The molecule has 2 saturated heterocycles. The number of carbonyl (C=O) groups is 3. The lowest BCUT2D eigenvalue weighted by atomic mass is 9.73. The summed E-state index contributed by atoms with van der Waals surface area (Å²) in [5.41, 5.74) is 1.92. The Morgan fingerprint density at radius 2 is 1.97 bits per heavy atom. The van der Waals surface area contributed by atoms with Crippen LogP contribution in [0.25, 0.3) is 0 Å². The van der Waals surface area contributed by atoms with Crippen LogP contribution >= 0.6 is 0 Å². The molecule has 1 aromatic carbocycles. The van der Waals surface area contributed by atoms with Gasteiger partial charge in [-0.05, 0) is 49.9 Å². The molecule has 0 radical (unpaired) electrons. The average molecular weight is 411 g/mol. The van der Waals surface area contributed by atoms with E-state index in [9.17, 15) is 19.5 Å². The number of imide groups is 1. The number of carboxylic acids is 1. The number of aromatic nitrogens is 2. The number of aromatic amines is 1. The molecule has 0 spiro atoms. The minimum Gasteiger partial charge on any atom is -0.477 e. The van der Waals surface area contributed by atoms with Crippen LogP contribution in [-0.4, -0.2) is 56.7 Å². The predicted octanol–water partition coefficient (Wildman–Crippen LogP) is 1.45. The third-order valence-electron chi connectivity index (χ3n) is 6.31. The van der Waals surface area contributed by atoms with Crippen molar-refractivity contribution in [3.05, 3.63) is 52.8 Å². The van der Waals surface area contributed by atoms with Gasteiger partial charge in [0.1, 0.15) is 11.2 Å². The first-order valence-corrected chi connectivity index (χ1v) is 10.0. The van der Waals surface area contributed by atoms with Crippen molar-refractivity contribution in [2.75, 3.05) is 13.1 Å². The van der Waals surface area contributed by atoms with E-state index < -0.39 is 17.5 Å². The average Bonchev–Trinajstić information content (AvgIpc) is 3.29. The van der Waals surface area contributed by atoms with Crippen LogP contribution in [0.1, 0.15) is 40.0 Å². The number of rotatable bonds is 6. The third kappa shape index (κ3) is 3.68. The number of aryl methyl sites for hydroxylation is 1. The van der Waals surface area contributed by atoms with Crippen LogP contribution in [0.4, 0.5) is 4.79 Å². The number of urea groups is 1. The predicted molar refractivity (Wildman–Crippen MR) is 108 cm³/mol. The maximum absolute atomic E-state index is 12.9. The maximum atomic E-state index is 12.9. The normalized spacial score (nSPS) is 22.7. The molecule has 2 fully saturated rings. The van der Waals surface area contributed by atoms with E-state index in [4.69, 9.17) is 0 Å². The highest BCUT2D eigenvalue weighted by Crippen LogP contribution is 2.35. The van der Waals surface area contributed by atoms with E-state index in [-0.39, 0.29) is 17.5 Å². The molecule has 2 aliphatic heterocycles. The summed E-state index contributed by atoms with van der Waals surface area (Å²) in [5.74, 6) is -1.31. The first-order chi connectivity index (χ1) is 14.4. The number of nitrogens with zero attached hydrogens (tertiary/aromatic N) is 2. The lowest BCUT2D eigenvalue weighted by molar-refractivity contribution is -0.126. The van der Waals surface area contributed by atoms with Gasteiger partial charge < -0.3 is 10.4 Å². The van der Waals surface area contributed by atoms with Crippen LogP contribution in [0.5, 0.6) is 0 Å². The molecular formula is C21H25N5O4. The van der Waals surface area contributed by atoms with Crippen LogP contribution in [0.3, 0.4) is 0 Å². The lowest BCUT2D eigenvalue weighted by Gasteiger charge is -2.41. The molecule has 4 rings (SSSR count). The number of amides is 3. The van der Waals surface area contributed by atoms with Gasteiger partial charge in [-0.15, -0.1) is 0 Å². The summed E-state index contributed by atoms with van der Waals surface area (Å²) in [7, 11) is 0. The zero-order valence-corrected chi connectivity index (χ0v) is 16.8. The van der Waals surface area contributed by atoms with Gasteiger partial charge in [0.25, 0.3) is 5.91 Å². The third-order valence-corrected chi connectivity index (χ3v) is 6.31. The standard InChI is InChI=1S/C21H25N5O4/c1-13-4-2-3-5-14(13)10-21(19(29)23-20(30)24-21)16-6-8-26(9-7-16)12-15-11-22-25-17(15)18(27)28/h2-5,11,16H,6-10,12H2,1H3,(H,22,25)(H,27,28)(H2,23,24,29,30)/t21-/m1/s1. The molecule has 1 atom stereocenters. The van der Waals surface area contributed by atoms with Crippen molar-refractivity contribution >= 4 is 17.9 Å². The summed E-state index contributed by atoms with van der Waals surface area (Å²) in [6.45, 7) is 3.89. The van der Waals surface area contributed by atoms with Gasteiger partial charge in [0.05, 0.1) is 6.20 Å². The summed E-state index contributed by atoms with van der Waals surface area (Å²) in [5, 5.41) is 21.0. The van der Waals surface area contributed by atoms with Crippen molar-refractivity contribution in [3.63, 3.8) is 0 Å². The molecule has 9 heteroatoms. The number of nitrogens with one attached hydrogen (secondary N) is 3. The molecule has 158 valence electrons. The number of H-pyrrole nitrogens is 1. The Bertz CT molecular complexity index is 979. The van der Waals surface area contributed by atoms with Gasteiger partial charge >= 0.3 is 12.0 Å². The Labute approximate surface area is 173 Å². The second-order valence-electron chi connectivity index (χ2n) is 8.11. The van der Waals surface area contributed by atoms with E-state index in [1.807, 2.05) is 31.2 Å². The second kappa shape index (κ2) is 7.91. The van der Waals surface area contributed by atoms with Crippen molar-refractivity contribution < 1.29 is 19.5 Å². The molecule has 2 aliphatic rings. The van der Waals surface area contributed by atoms with Crippen molar-refractivity contribution in [1.29, 1.82) is 0 Å². The van der Waals surface area contributed by atoms with Crippen molar-refractivity contribution in [2.24, 2.45) is 5.92 Å². The molecule has 3 heterocycles. The summed E-state index contributed by atoms with van der Waals surface area (Å²) < 4.78 is 0. The van der Waals surface area contributed by atoms with Gasteiger partial charge in [0.2, 0.25) is 0 Å². The molecule has 9 nitrogen and oxygen atoms in total. The van der Waals surface area contributed by atoms with Crippen LogP contribution in [0, 0.1) is 12.8 Å². The number of carbonyl (C=O) groups excluding carboxylic acids is 2. The van der Waals surface area contributed by atoms with Crippen LogP contribution in [-0.2, 0) is 17.8 Å². The highest BCUT2D eigenvalue weighted by molar-refractivity contribution is 6.07. The Morgan fingerprint density at radius 1 is 1.23 bits per heavy atom. The number of piperidine rings is 1. The largest absolute Gasteiger partial charge is 0.477 e. The molecule has 4 N–H and O–H groups in total. The first-order valence-electron chi connectivity index (χ1n) is 10.0. The Morgan fingerprint density at radius 3 is 2.60 bits per heavy atom. The Hall–Kier alpha value is -3.20. The number of hydrogen-bond acceptors (Lipinski definition) is 5. The molecule has 30 heavy (non-hydrogen) atoms. The molecule has 0 saturated carbocycles. The fraction of sp³-hybridized carbons (Fsp3) is 0.429. The summed E-state index contributed by atoms with van der Waals surface area (Å²) in [6, 6.07) is 7.46. The number of hydrogen-bond donors (Lipinski definition) is 4. The zero-order valence-electron chi connectivity index (χ0n) is 16.8. The minimum atomic E-state index is -1.03. The van der Waals surface area contributed by atoms with E-state index in [0.717, 1.165) is 24.0 Å². The van der Waals surface area contributed by atoms with Crippen molar-refractivity contribution in [3.8, 4) is 0 Å². The molecular weight excluding hydrogens is 386 g/mol. The van der Waals surface area contributed by atoms with E-state index in [0.29, 0.717) is 31.6 Å². The molecule has 0 aliphatic carbocycles. The fourth-order valence-corrected chi connectivity index (χ4v) is 4.61. The van der Waals surface area contributed by atoms with Gasteiger partial charge in [-0.25, -0.2) is 9.59 Å². The maximum Gasteiger partial charge on any atom is 0.354 e. The first kappa shape index (κ1) is 20.1. The van der Waals surface area contributed by atoms with E-state index in [1.54, 1.807) is 6.20 Å². The summed E-state index contributed by atoms with van der Waals surface area (Å²) >= 11 is 0. The quantitative estimate of drug-likeness (QED) is 0.533. The van der Waals surface area contributed by atoms with E-state index in [1.165, 1.54) is 0 Å². The fourth-order valence-electron chi connectivity index (χ4n) is 4.61. The number of carboxylic acid groups (broad SMARTS) is 1. The summed E-state index contributed by atoms with van der Waals surface area (Å²) in [4.78, 5) is 38.4. The van der Waals surface area contributed by atoms with Crippen LogP contribution in [0.15, 0.2) is 30.5 Å². The van der Waals surface area contributed by atoms with Crippen LogP contribution in [0.2, 0.25) is 0 Å². The molecule has 3 amide bonds. The highest BCUT2D eigenvalue weighted by atomic mass is 16.4. The van der Waals surface area contributed by atoms with E-state index >= 15 is 0 Å². The molecule has 0 unspecified atom stereocenters. The summed E-state index contributed by atoms with van der Waals surface area (Å²) in [6.07, 6.45) is 3.44. The second-order valence-corrected chi connectivity index (χ2v) is 8.11. The number of aromatic carboxylic acids is 1.